The maximum atomic E-state index is 12.9. The van der Waals surface area contributed by atoms with Gasteiger partial charge in [-0.3, -0.25) is 0 Å². The Bertz CT molecular complexity index is 1490. The highest BCUT2D eigenvalue weighted by Crippen LogP contribution is 2.55. The van der Waals surface area contributed by atoms with Gasteiger partial charge in [0.25, 0.3) is 0 Å². The number of hydrogen-bond donors (Lipinski definition) is 2. The Kier molecular flexibility index (Phi) is 8.39. The van der Waals surface area contributed by atoms with E-state index in [1.54, 1.807) is 0 Å². The van der Waals surface area contributed by atoms with Gasteiger partial charge in [-0.15, -0.1) is 10.2 Å². The fourth-order valence-corrected chi connectivity index (χ4v) is 6.11. The zero-order valence-corrected chi connectivity index (χ0v) is 25.1. The fourth-order valence-electron chi connectivity index (χ4n) is 6.11. The minimum absolute atomic E-state index is 0.264. The van der Waals surface area contributed by atoms with E-state index in [0.29, 0.717) is 12.1 Å². The van der Waals surface area contributed by atoms with Gasteiger partial charge in [0.1, 0.15) is 5.60 Å². The Morgan fingerprint density at radius 1 is 0.814 bits per heavy atom. The van der Waals surface area contributed by atoms with Gasteiger partial charge in [-0.2, -0.15) is 0 Å². The Morgan fingerprint density at radius 3 is 1.77 bits per heavy atom. The number of rotatable bonds is 9. The van der Waals surface area contributed by atoms with Gasteiger partial charge < -0.3 is 15.8 Å². The van der Waals surface area contributed by atoms with Crippen LogP contribution < -0.4 is 11.1 Å². The van der Waals surface area contributed by atoms with E-state index in [1.807, 2.05) is 100 Å². The number of nitrogens with one attached hydrogen (secondary N) is 1. The summed E-state index contributed by atoms with van der Waals surface area (Å²) < 4.78 is 5.59. The number of ether oxygens (including phenoxy) is 1. The van der Waals surface area contributed by atoms with Crippen molar-refractivity contribution < 1.29 is 9.53 Å². The first kappa shape index (κ1) is 29.6. The molecule has 0 radical (unpaired) electrons. The van der Waals surface area contributed by atoms with Crippen molar-refractivity contribution in [3.8, 4) is 0 Å². The van der Waals surface area contributed by atoms with Crippen LogP contribution in [0.2, 0.25) is 0 Å². The van der Waals surface area contributed by atoms with Crippen LogP contribution in [0.4, 0.5) is 10.5 Å². The quantitative estimate of drug-likeness (QED) is 0.155. The number of hydrogen-bond acceptors (Lipinski definition) is 7. The lowest BCUT2D eigenvalue weighted by atomic mass is 9.59. The van der Waals surface area contributed by atoms with Gasteiger partial charge in [0, 0.05) is 24.6 Å². The van der Waals surface area contributed by atoms with Crippen molar-refractivity contribution in [3.05, 3.63) is 137 Å². The number of benzene rings is 4. The summed E-state index contributed by atoms with van der Waals surface area (Å²) in [6.07, 6.45) is -0.137. The second-order valence-electron chi connectivity index (χ2n) is 11.9. The van der Waals surface area contributed by atoms with E-state index in [0.717, 1.165) is 27.8 Å². The molecule has 8 heteroatoms. The molecule has 1 unspecified atom stereocenters. The molecule has 1 amide bonds. The molecule has 8 nitrogen and oxygen atoms in total. The molecule has 43 heavy (non-hydrogen) atoms. The molecule has 0 saturated heterocycles. The molecule has 0 bridgehead atoms. The Labute approximate surface area is 253 Å². The highest BCUT2D eigenvalue weighted by molar-refractivity contribution is 5.68. The number of amides is 1. The highest BCUT2D eigenvalue weighted by atomic mass is 16.6. The summed E-state index contributed by atoms with van der Waals surface area (Å²) in [5.41, 5.74) is 9.18. The predicted molar refractivity (Wildman–Crippen MR) is 169 cm³/mol. The Balaban J connectivity index is 1.73. The van der Waals surface area contributed by atoms with Crippen LogP contribution in [0.25, 0.3) is 0 Å². The maximum Gasteiger partial charge on any atom is 0.407 e. The number of anilines is 1. The van der Waals surface area contributed by atoms with Crippen molar-refractivity contribution in [1.82, 2.24) is 5.32 Å². The van der Waals surface area contributed by atoms with Crippen molar-refractivity contribution in [2.45, 2.75) is 56.7 Å². The molecule has 4 aromatic rings. The van der Waals surface area contributed by atoms with E-state index < -0.39 is 22.8 Å². The molecule has 0 aromatic heterocycles. The summed E-state index contributed by atoms with van der Waals surface area (Å²) in [6.45, 7) is 7.83. The second kappa shape index (κ2) is 12.2. The van der Waals surface area contributed by atoms with E-state index in [-0.39, 0.29) is 12.5 Å². The average molecular weight is 575 g/mol. The molecule has 1 atom stereocenters. The first-order chi connectivity index (χ1) is 20.6. The zero-order chi connectivity index (χ0) is 30.5. The van der Waals surface area contributed by atoms with Crippen LogP contribution in [0.5, 0.6) is 0 Å². The van der Waals surface area contributed by atoms with Crippen LogP contribution in [0.3, 0.4) is 0 Å². The molecule has 220 valence electrons. The van der Waals surface area contributed by atoms with Crippen molar-refractivity contribution in [3.63, 3.8) is 0 Å². The molecule has 3 N–H and O–H groups in total. The summed E-state index contributed by atoms with van der Waals surface area (Å²) in [4.78, 5) is 12.9. The van der Waals surface area contributed by atoms with Crippen LogP contribution >= 0.6 is 0 Å². The average Bonchev–Trinajstić information content (AvgIpc) is 3.47. The fraction of sp³-hybridized carbons (Fsp3) is 0.286. The van der Waals surface area contributed by atoms with Gasteiger partial charge in [0.15, 0.2) is 0 Å². The molecule has 1 aliphatic rings. The number of carbonyl (C=O) groups excluding carboxylic acids is 1. The monoisotopic (exact) mass is 574 g/mol. The van der Waals surface area contributed by atoms with Gasteiger partial charge in [-0.05, 0) is 78.1 Å². The second-order valence-corrected chi connectivity index (χ2v) is 11.9. The topological polar surface area (TPSA) is 114 Å². The lowest BCUT2D eigenvalue weighted by Crippen LogP contribution is -2.51. The summed E-state index contributed by atoms with van der Waals surface area (Å²) in [5, 5.41) is 21.1. The summed E-state index contributed by atoms with van der Waals surface area (Å²) >= 11 is 0. The molecule has 0 saturated carbocycles. The SMILES string of the molecule is Cc1ccc(N)cc1C(CNC(=O)OC(C)(C)C)CC1(C(c2ccccc2)(c2ccccc2)c2ccccc2)N=NN=N1. The molecule has 1 aliphatic heterocycles. The smallest absolute Gasteiger partial charge is 0.407 e. The largest absolute Gasteiger partial charge is 0.444 e. The van der Waals surface area contributed by atoms with E-state index in [4.69, 9.17) is 20.7 Å². The van der Waals surface area contributed by atoms with E-state index in [9.17, 15) is 4.79 Å². The third-order valence-corrected chi connectivity index (χ3v) is 7.85. The highest BCUT2D eigenvalue weighted by Gasteiger charge is 2.58. The molecule has 0 aliphatic carbocycles. The number of alkyl carbamates (subject to hydrolysis) is 1. The van der Waals surface area contributed by atoms with Crippen molar-refractivity contribution in [1.29, 1.82) is 0 Å². The molecule has 4 aromatic carbocycles. The first-order valence-corrected chi connectivity index (χ1v) is 14.5. The molecular weight excluding hydrogens is 536 g/mol. The number of aryl methyl sites for hydroxylation is 1. The van der Waals surface area contributed by atoms with Gasteiger partial charge in [0.2, 0.25) is 5.66 Å². The number of carbonyl (C=O) groups is 1. The number of nitrogens with zero attached hydrogens (tertiary/aromatic N) is 4. The standard InChI is InChI=1S/C35H38N6O2/c1-25-20-21-30(36)22-31(25)26(24-37-32(42)43-33(2,3)4)23-34(38-40-41-39-34)35(27-14-8-5-9-15-27,28-16-10-6-11-17-28)29-18-12-7-13-19-29/h5-22,26H,23-24,36H2,1-4H3,(H,37,42). The predicted octanol–water partition coefficient (Wildman–Crippen LogP) is 8.14. The maximum absolute atomic E-state index is 12.9. The Hall–Kier alpha value is -4.85. The van der Waals surface area contributed by atoms with Crippen molar-refractivity contribution >= 4 is 11.8 Å². The summed E-state index contributed by atoms with van der Waals surface area (Å²) in [5.74, 6) is -0.275. The first-order valence-electron chi connectivity index (χ1n) is 14.5. The molecule has 5 rings (SSSR count). The summed E-state index contributed by atoms with van der Waals surface area (Å²) in [6, 6.07) is 36.6. The van der Waals surface area contributed by atoms with E-state index in [2.05, 4.69) is 52.2 Å². The van der Waals surface area contributed by atoms with Crippen molar-refractivity contribution in [2.24, 2.45) is 20.7 Å². The number of nitrogen functional groups attached to an aromatic ring is 1. The molecule has 0 spiro atoms. The van der Waals surface area contributed by atoms with Gasteiger partial charge in [-0.25, -0.2) is 4.79 Å². The molecular formula is C35H38N6O2. The van der Waals surface area contributed by atoms with E-state index >= 15 is 0 Å². The number of nitrogens with two attached hydrogens (primary N) is 1. The van der Waals surface area contributed by atoms with Crippen LogP contribution in [0.1, 0.15) is 60.9 Å². The normalized spacial score (nSPS) is 14.8. The van der Waals surface area contributed by atoms with Crippen molar-refractivity contribution in [2.75, 3.05) is 12.3 Å². The molecule has 0 fully saturated rings. The molecule has 1 heterocycles. The van der Waals surface area contributed by atoms with Gasteiger partial charge in [-0.1, -0.05) is 97.1 Å². The lowest BCUT2D eigenvalue weighted by molar-refractivity contribution is 0.0521. The van der Waals surface area contributed by atoms with Crippen LogP contribution in [0, 0.1) is 6.92 Å². The van der Waals surface area contributed by atoms with Crippen LogP contribution in [-0.4, -0.2) is 23.9 Å². The van der Waals surface area contributed by atoms with Crippen LogP contribution in [-0.2, 0) is 10.2 Å². The Morgan fingerprint density at radius 2 is 1.30 bits per heavy atom. The lowest BCUT2D eigenvalue weighted by Gasteiger charge is -2.45. The minimum atomic E-state index is -1.21. The third-order valence-electron chi connectivity index (χ3n) is 7.85. The van der Waals surface area contributed by atoms with Gasteiger partial charge in [0.05, 0.1) is 5.41 Å². The zero-order valence-electron chi connectivity index (χ0n) is 25.1. The van der Waals surface area contributed by atoms with Gasteiger partial charge >= 0.3 is 6.09 Å². The van der Waals surface area contributed by atoms with Crippen LogP contribution in [0.15, 0.2) is 130 Å². The third kappa shape index (κ3) is 6.04. The minimum Gasteiger partial charge on any atom is -0.444 e. The van der Waals surface area contributed by atoms with E-state index in [1.165, 1.54) is 0 Å². The summed E-state index contributed by atoms with van der Waals surface area (Å²) in [7, 11) is 0.